The monoisotopic (exact) mass is 458 g/mol. The molecule has 2 N–H and O–H groups in total. The van der Waals surface area contributed by atoms with Crippen molar-refractivity contribution in [2.75, 3.05) is 18.1 Å². The first kappa shape index (κ1) is 24.0. The van der Waals surface area contributed by atoms with E-state index < -0.39 is 48.7 Å². The van der Waals surface area contributed by atoms with Gasteiger partial charge in [0.25, 0.3) is 0 Å². The van der Waals surface area contributed by atoms with Crippen molar-refractivity contribution in [1.29, 1.82) is 0 Å². The van der Waals surface area contributed by atoms with Gasteiger partial charge in [-0.1, -0.05) is 6.07 Å². The molecule has 1 aliphatic heterocycles. The van der Waals surface area contributed by atoms with E-state index in [1.807, 2.05) is 0 Å². The molecule has 3 rings (SSSR count). The molecule has 9 nitrogen and oxygen atoms in total. The van der Waals surface area contributed by atoms with E-state index in [1.165, 1.54) is 42.2 Å². The lowest BCUT2D eigenvalue weighted by molar-refractivity contribution is -0.143. The van der Waals surface area contributed by atoms with Gasteiger partial charge in [0.2, 0.25) is 0 Å². The number of Topliss-reactive ketones (excluding diaryl/α,β-unsaturated/α-hetero) is 2. The van der Waals surface area contributed by atoms with E-state index in [4.69, 9.17) is 14.9 Å². The minimum Gasteiger partial charge on any atom is -0.481 e. The van der Waals surface area contributed by atoms with Crippen molar-refractivity contribution < 1.29 is 38.5 Å². The first-order valence-electron chi connectivity index (χ1n) is 10.3. The SMILES string of the molecule is CC(=O)CC[C@H]1CN(c2ccc(-c3cccc(C(=O)CC(CO)C(=O)O)n3)c(F)c2)C(=O)O1. The van der Waals surface area contributed by atoms with E-state index in [0.29, 0.717) is 6.42 Å². The maximum absolute atomic E-state index is 14.9. The van der Waals surface area contributed by atoms with Crippen LogP contribution in [0.3, 0.4) is 0 Å². The first-order chi connectivity index (χ1) is 15.7. The number of ether oxygens (including phenoxy) is 1. The molecular formula is C23H23FN2O7. The minimum atomic E-state index is -1.30. The molecule has 0 spiro atoms. The number of amides is 1. The van der Waals surface area contributed by atoms with Crippen molar-refractivity contribution in [2.45, 2.75) is 32.3 Å². The second-order valence-electron chi connectivity index (χ2n) is 7.77. The third-order valence-corrected chi connectivity index (χ3v) is 5.27. The van der Waals surface area contributed by atoms with Crippen LogP contribution in [0, 0.1) is 11.7 Å². The third kappa shape index (κ3) is 5.78. The number of pyridine rings is 1. The lowest BCUT2D eigenvalue weighted by atomic mass is 10.0. The van der Waals surface area contributed by atoms with E-state index >= 15 is 0 Å². The molecule has 1 aliphatic rings. The molecule has 0 aliphatic carbocycles. The van der Waals surface area contributed by atoms with Crippen LogP contribution in [0.15, 0.2) is 36.4 Å². The highest BCUT2D eigenvalue weighted by Gasteiger charge is 2.32. The van der Waals surface area contributed by atoms with Crippen molar-refractivity contribution >= 4 is 29.3 Å². The summed E-state index contributed by atoms with van der Waals surface area (Å²) in [5.41, 5.74) is 0.480. The largest absolute Gasteiger partial charge is 0.481 e. The van der Waals surface area contributed by atoms with Gasteiger partial charge in [0.1, 0.15) is 23.4 Å². The van der Waals surface area contributed by atoms with Gasteiger partial charge in [0, 0.05) is 18.4 Å². The summed E-state index contributed by atoms with van der Waals surface area (Å²) in [6, 6.07) is 8.48. The number of benzene rings is 1. The number of nitrogens with zero attached hydrogens (tertiary/aromatic N) is 2. The number of hydrogen-bond donors (Lipinski definition) is 2. The highest BCUT2D eigenvalue weighted by molar-refractivity contribution is 5.97. The molecule has 1 saturated heterocycles. The Kier molecular flexibility index (Phi) is 7.49. The Balaban J connectivity index is 1.77. The molecule has 0 saturated carbocycles. The van der Waals surface area contributed by atoms with Crippen molar-refractivity contribution in [3.63, 3.8) is 0 Å². The number of ketones is 2. The highest BCUT2D eigenvalue weighted by atomic mass is 19.1. The molecule has 2 aromatic rings. The Hall–Kier alpha value is -3.66. The number of anilines is 1. The second-order valence-corrected chi connectivity index (χ2v) is 7.77. The van der Waals surface area contributed by atoms with Gasteiger partial charge in [-0.05, 0) is 43.7 Å². The number of rotatable bonds is 10. The number of carbonyl (C=O) groups is 4. The number of aliphatic carboxylic acids is 1. The topological polar surface area (TPSA) is 134 Å². The summed E-state index contributed by atoms with van der Waals surface area (Å²) in [7, 11) is 0. The van der Waals surface area contributed by atoms with Gasteiger partial charge in [-0.2, -0.15) is 0 Å². The molecule has 1 fully saturated rings. The number of aromatic nitrogens is 1. The van der Waals surface area contributed by atoms with Crippen LogP contribution in [-0.2, 0) is 14.3 Å². The summed E-state index contributed by atoms with van der Waals surface area (Å²) in [5, 5.41) is 18.1. The number of carboxylic acid groups (broad SMARTS) is 1. The zero-order valence-corrected chi connectivity index (χ0v) is 17.9. The lowest BCUT2D eigenvalue weighted by Crippen LogP contribution is -2.24. The van der Waals surface area contributed by atoms with E-state index in [-0.39, 0.29) is 41.4 Å². The maximum atomic E-state index is 14.9. The van der Waals surface area contributed by atoms with Crippen LogP contribution in [0.4, 0.5) is 14.9 Å². The molecule has 33 heavy (non-hydrogen) atoms. The van der Waals surface area contributed by atoms with Gasteiger partial charge in [-0.3, -0.25) is 14.5 Å². The first-order valence-corrected chi connectivity index (χ1v) is 10.3. The smallest absolute Gasteiger partial charge is 0.414 e. The van der Waals surface area contributed by atoms with E-state index in [9.17, 15) is 23.6 Å². The van der Waals surface area contributed by atoms with Crippen molar-refractivity contribution in [2.24, 2.45) is 5.92 Å². The molecular weight excluding hydrogens is 435 g/mol. The Morgan fingerprint density at radius 2 is 2.03 bits per heavy atom. The summed E-state index contributed by atoms with van der Waals surface area (Å²) in [6.07, 6.45) is -0.848. The number of hydrogen-bond acceptors (Lipinski definition) is 7. The van der Waals surface area contributed by atoms with Crippen molar-refractivity contribution in [3.8, 4) is 11.3 Å². The average molecular weight is 458 g/mol. The van der Waals surface area contributed by atoms with E-state index in [0.717, 1.165) is 6.07 Å². The van der Waals surface area contributed by atoms with Crippen molar-refractivity contribution in [1.82, 2.24) is 4.98 Å². The highest BCUT2D eigenvalue weighted by Crippen LogP contribution is 2.29. The summed E-state index contributed by atoms with van der Waals surface area (Å²) in [5.74, 6) is -3.83. The van der Waals surface area contributed by atoms with Gasteiger partial charge in [-0.25, -0.2) is 14.2 Å². The zero-order chi connectivity index (χ0) is 24.1. The standard InChI is InChI=1S/C23H23FN2O7/c1-13(28)5-7-16-11-26(23(32)33-16)15-6-8-17(18(24)10-15)19-3-2-4-20(25-19)21(29)9-14(12-27)22(30)31/h2-4,6,8,10,14,16,27H,5,7,9,11-12H2,1H3,(H,30,31)/t14?,16-/m0/s1. The Bertz CT molecular complexity index is 1090. The summed E-state index contributed by atoms with van der Waals surface area (Å²) >= 11 is 0. The number of aliphatic hydroxyl groups excluding tert-OH is 1. The molecule has 1 aromatic heterocycles. The number of halogens is 1. The maximum Gasteiger partial charge on any atom is 0.414 e. The summed E-state index contributed by atoms with van der Waals surface area (Å²) in [4.78, 5) is 52.2. The van der Waals surface area contributed by atoms with Gasteiger partial charge < -0.3 is 19.7 Å². The van der Waals surface area contributed by atoms with Crippen LogP contribution < -0.4 is 4.90 Å². The predicted molar refractivity (Wildman–Crippen MR) is 114 cm³/mol. The quantitative estimate of drug-likeness (QED) is 0.519. The zero-order valence-electron chi connectivity index (χ0n) is 17.9. The molecule has 10 heteroatoms. The molecule has 1 amide bonds. The molecule has 0 bridgehead atoms. The summed E-state index contributed by atoms with van der Waals surface area (Å²) < 4.78 is 20.1. The van der Waals surface area contributed by atoms with Crippen LogP contribution in [-0.4, -0.2) is 58.1 Å². The number of carbonyl (C=O) groups excluding carboxylic acids is 3. The number of aliphatic hydroxyl groups is 1. The normalized spacial score (nSPS) is 16.4. The fourth-order valence-electron chi connectivity index (χ4n) is 3.42. The van der Waals surface area contributed by atoms with Crippen LogP contribution in [0.2, 0.25) is 0 Å². The van der Waals surface area contributed by atoms with E-state index in [1.54, 1.807) is 0 Å². The fraction of sp³-hybridized carbons (Fsp3) is 0.348. The Labute approximate surface area is 188 Å². The Morgan fingerprint density at radius 1 is 1.27 bits per heavy atom. The molecule has 0 radical (unpaired) electrons. The van der Waals surface area contributed by atoms with Crippen molar-refractivity contribution in [3.05, 3.63) is 47.9 Å². The van der Waals surface area contributed by atoms with E-state index in [2.05, 4.69) is 4.98 Å². The lowest BCUT2D eigenvalue weighted by Gasteiger charge is -2.14. The molecule has 1 unspecified atom stereocenters. The predicted octanol–water partition coefficient (Wildman–Crippen LogP) is 2.85. The van der Waals surface area contributed by atoms with Gasteiger partial charge in [-0.15, -0.1) is 0 Å². The second kappa shape index (κ2) is 10.3. The molecule has 2 atom stereocenters. The molecule has 2 heterocycles. The van der Waals surface area contributed by atoms with Crippen LogP contribution >= 0.6 is 0 Å². The van der Waals surface area contributed by atoms with Gasteiger partial charge >= 0.3 is 12.1 Å². The summed E-state index contributed by atoms with van der Waals surface area (Å²) in [6.45, 7) is 0.963. The third-order valence-electron chi connectivity index (χ3n) is 5.27. The molecule has 174 valence electrons. The van der Waals surface area contributed by atoms with Crippen LogP contribution in [0.1, 0.15) is 36.7 Å². The molecule has 1 aromatic carbocycles. The number of carboxylic acids is 1. The minimum absolute atomic E-state index is 0.0112. The fourth-order valence-corrected chi connectivity index (χ4v) is 3.42. The van der Waals surface area contributed by atoms with Gasteiger partial charge in [0.05, 0.1) is 30.5 Å². The average Bonchev–Trinajstić information content (AvgIpc) is 3.16. The van der Waals surface area contributed by atoms with Crippen LogP contribution in [0.25, 0.3) is 11.3 Å². The Morgan fingerprint density at radius 3 is 2.67 bits per heavy atom. The number of cyclic esters (lactones) is 1. The van der Waals surface area contributed by atoms with Crippen LogP contribution in [0.5, 0.6) is 0 Å². The van der Waals surface area contributed by atoms with Gasteiger partial charge in [0.15, 0.2) is 5.78 Å².